The molecule has 0 aliphatic heterocycles. The predicted octanol–water partition coefficient (Wildman–Crippen LogP) is 4.43. The zero-order valence-electron chi connectivity index (χ0n) is 7.05. The smallest absolute Gasteiger partial charge is 0.110 e. The van der Waals surface area contributed by atoms with Gasteiger partial charge < -0.3 is 0 Å². The van der Waals surface area contributed by atoms with Gasteiger partial charge in [-0.05, 0) is 29.1 Å². The van der Waals surface area contributed by atoms with Gasteiger partial charge in [-0.15, -0.1) is 11.3 Å². The molecular formula is C10H5Br2NS. The van der Waals surface area contributed by atoms with Crippen LogP contribution < -0.4 is 0 Å². The molecule has 0 aliphatic rings. The van der Waals surface area contributed by atoms with Crippen LogP contribution in [0.3, 0.4) is 0 Å². The molecule has 0 saturated carbocycles. The quantitative estimate of drug-likeness (QED) is 0.709. The van der Waals surface area contributed by atoms with E-state index >= 15 is 0 Å². The lowest BCUT2D eigenvalue weighted by molar-refractivity contribution is 1.48. The molecule has 0 saturated heterocycles. The van der Waals surface area contributed by atoms with Crippen molar-refractivity contribution in [1.29, 1.82) is 5.26 Å². The predicted molar refractivity (Wildman–Crippen MR) is 66.9 cm³/mol. The number of fused-ring (bicyclic) bond motifs is 1. The number of rotatable bonds is 1. The largest absolute Gasteiger partial charge is 0.192 e. The van der Waals surface area contributed by atoms with Crippen molar-refractivity contribution in [3.05, 3.63) is 33.1 Å². The molecule has 2 rings (SSSR count). The number of benzene rings is 1. The van der Waals surface area contributed by atoms with Gasteiger partial charge in [0.05, 0.1) is 0 Å². The highest BCUT2D eigenvalue weighted by Gasteiger charge is 2.06. The Balaban J connectivity index is 2.79. The van der Waals surface area contributed by atoms with Crippen LogP contribution in [0.15, 0.2) is 22.7 Å². The van der Waals surface area contributed by atoms with Gasteiger partial charge in [-0.2, -0.15) is 5.26 Å². The monoisotopic (exact) mass is 329 g/mol. The van der Waals surface area contributed by atoms with Gasteiger partial charge in [0.2, 0.25) is 0 Å². The third kappa shape index (κ3) is 1.72. The van der Waals surface area contributed by atoms with Gasteiger partial charge >= 0.3 is 0 Å². The summed E-state index contributed by atoms with van der Waals surface area (Å²) in [6.07, 6.45) is 0. The molecule has 0 fully saturated rings. The number of alkyl halides is 1. The van der Waals surface area contributed by atoms with Crippen molar-refractivity contribution < 1.29 is 0 Å². The molecule has 0 bridgehead atoms. The van der Waals surface area contributed by atoms with Crippen molar-refractivity contribution in [2.24, 2.45) is 0 Å². The molecule has 70 valence electrons. The fourth-order valence-electron chi connectivity index (χ4n) is 1.34. The van der Waals surface area contributed by atoms with Crippen molar-refractivity contribution >= 4 is 53.3 Å². The summed E-state index contributed by atoms with van der Waals surface area (Å²) >= 11 is 8.43. The van der Waals surface area contributed by atoms with Crippen LogP contribution in [0.4, 0.5) is 0 Å². The molecule has 0 atom stereocenters. The maximum Gasteiger partial charge on any atom is 0.110 e. The van der Waals surface area contributed by atoms with Crippen molar-refractivity contribution in [3.8, 4) is 6.07 Å². The van der Waals surface area contributed by atoms with Gasteiger partial charge in [-0.3, -0.25) is 0 Å². The van der Waals surface area contributed by atoms with Crippen LogP contribution in [0.1, 0.15) is 10.4 Å². The van der Waals surface area contributed by atoms with Crippen LogP contribution in [0.25, 0.3) is 10.1 Å². The Morgan fingerprint density at radius 3 is 2.79 bits per heavy atom. The summed E-state index contributed by atoms with van der Waals surface area (Å²) in [6, 6.07) is 8.25. The Hall–Kier alpha value is -0.370. The maximum atomic E-state index is 8.81. The number of nitrogens with zero attached hydrogens (tertiary/aromatic N) is 1. The van der Waals surface area contributed by atoms with E-state index in [1.54, 1.807) is 0 Å². The van der Waals surface area contributed by atoms with E-state index in [-0.39, 0.29) is 0 Å². The summed E-state index contributed by atoms with van der Waals surface area (Å²) in [6.45, 7) is 0. The first-order valence-electron chi connectivity index (χ1n) is 3.92. The molecule has 0 radical (unpaired) electrons. The van der Waals surface area contributed by atoms with Crippen LogP contribution in [-0.4, -0.2) is 0 Å². The molecular weight excluding hydrogens is 326 g/mol. The van der Waals surface area contributed by atoms with Gasteiger partial charge in [0.15, 0.2) is 0 Å². The molecule has 0 aliphatic carbocycles. The highest BCUT2D eigenvalue weighted by molar-refractivity contribution is 9.10. The highest BCUT2D eigenvalue weighted by Crippen LogP contribution is 2.32. The van der Waals surface area contributed by atoms with E-state index < -0.39 is 0 Å². The maximum absolute atomic E-state index is 8.81. The van der Waals surface area contributed by atoms with Crippen molar-refractivity contribution in [1.82, 2.24) is 0 Å². The molecule has 2 aromatic rings. The van der Waals surface area contributed by atoms with Crippen molar-refractivity contribution in [3.63, 3.8) is 0 Å². The third-order valence-corrected chi connectivity index (χ3v) is 3.99. The lowest BCUT2D eigenvalue weighted by atomic mass is 10.1. The number of thiophene rings is 1. The van der Waals surface area contributed by atoms with Gasteiger partial charge in [-0.25, -0.2) is 0 Å². The van der Waals surface area contributed by atoms with E-state index in [1.165, 1.54) is 22.3 Å². The van der Waals surface area contributed by atoms with Crippen molar-refractivity contribution in [2.45, 2.75) is 5.33 Å². The van der Waals surface area contributed by atoms with Crippen LogP contribution in [0.2, 0.25) is 0 Å². The third-order valence-electron chi connectivity index (χ3n) is 1.94. The highest BCUT2D eigenvalue weighted by atomic mass is 79.9. The van der Waals surface area contributed by atoms with E-state index in [2.05, 4.69) is 44.0 Å². The fourth-order valence-corrected chi connectivity index (χ4v) is 3.41. The summed E-state index contributed by atoms with van der Waals surface area (Å²) < 4.78 is 2.22. The van der Waals surface area contributed by atoms with E-state index in [4.69, 9.17) is 5.26 Å². The number of hydrogen-bond donors (Lipinski definition) is 0. The van der Waals surface area contributed by atoms with Crippen LogP contribution in [0, 0.1) is 11.3 Å². The minimum absolute atomic E-state index is 0.764. The SMILES string of the molecule is N#Cc1cc2c(CBr)cc(Br)cc2s1. The molecule has 1 nitrogen and oxygen atoms in total. The Morgan fingerprint density at radius 2 is 2.14 bits per heavy atom. The first-order valence-corrected chi connectivity index (χ1v) is 6.65. The summed E-state index contributed by atoms with van der Waals surface area (Å²) in [5, 5.41) is 10.8. The first kappa shape index (κ1) is 10.2. The minimum Gasteiger partial charge on any atom is -0.192 e. The van der Waals surface area contributed by atoms with Crippen LogP contribution in [0.5, 0.6) is 0 Å². The van der Waals surface area contributed by atoms with E-state index in [9.17, 15) is 0 Å². The summed E-state index contributed by atoms with van der Waals surface area (Å²) in [5.74, 6) is 0. The van der Waals surface area contributed by atoms with Gasteiger partial charge in [0.25, 0.3) is 0 Å². The molecule has 1 heterocycles. The number of halogens is 2. The van der Waals surface area contributed by atoms with Crippen LogP contribution >= 0.6 is 43.2 Å². The zero-order valence-corrected chi connectivity index (χ0v) is 11.0. The van der Waals surface area contributed by atoms with Gasteiger partial charge in [0, 0.05) is 14.5 Å². The minimum atomic E-state index is 0.764. The summed E-state index contributed by atoms with van der Waals surface area (Å²) in [4.78, 5) is 0.764. The fraction of sp³-hybridized carbons (Fsp3) is 0.100. The molecule has 0 N–H and O–H groups in total. The standard InChI is InChI=1S/C10H5Br2NS/c11-4-6-1-7(12)2-10-9(6)3-8(5-13)14-10/h1-3H,4H2. The average Bonchev–Trinajstić information content (AvgIpc) is 2.59. The average molecular weight is 331 g/mol. The first-order chi connectivity index (χ1) is 6.74. The molecule has 0 unspecified atom stereocenters. The molecule has 0 amide bonds. The topological polar surface area (TPSA) is 23.8 Å². The second-order valence-corrected chi connectivity index (χ2v) is 5.39. The van der Waals surface area contributed by atoms with E-state index in [0.29, 0.717) is 0 Å². The normalized spacial score (nSPS) is 10.4. The Morgan fingerprint density at radius 1 is 1.36 bits per heavy atom. The Kier molecular flexibility index (Phi) is 2.91. The van der Waals surface area contributed by atoms with Crippen LogP contribution in [-0.2, 0) is 5.33 Å². The number of nitriles is 1. The van der Waals surface area contributed by atoms with E-state index in [0.717, 1.165) is 19.4 Å². The zero-order chi connectivity index (χ0) is 10.1. The van der Waals surface area contributed by atoms with Crippen molar-refractivity contribution in [2.75, 3.05) is 0 Å². The lowest BCUT2D eigenvalue weighted by Crippen LogP contribution is -1.77. The second-order valence-electron chi connectivity index (χ2n) is 2.83. The summed E-state index contributed by atoms with van der Waals surface area (Å²) in [7, 11) is 0. The van der Waals surface area contributed by atoms with Gasteiger partial charge in [0.1, 0.15) is 10.9 Å². The summed E-state index contributed by atoms with van der Waals surface area (Å²) in [5.41, 5.74) is 1.21. The van der Waals surface area contributed by atoms with E-state index in [1.807, 2.05) is 12.1 Å². The Labute approximate surface area is 103 Å². The molecule has 0 spiro atoms. The molecule has 14 heavy (non-hydrogen) atoms. The molecule has 1 aromatic carbocycles. The van der Waals surface area contributed by atoms with Gasteiger partial charge in [-0.1, -0.05) is 31.9 Å². The number of hydrogen-bond acceptors (Lipinski definition) is 2. The Bertz CT molecular complexity index is 525. The lowest BCUT2D eigenvalue weighted by Gasteiger charge is -1.99. The molecule has 1 aromatic heterocycles. The second kappa shape index (κ2) is 4.01. The molecule has 4 heteroatoms.